The number of hydrogen-bond acceptors (Lipinski definition) is 4. The smallest absolute Gasteiger partial charge is 0.234 e. The SMILES string of the molecule is Cl.NC(=O)C(N)C1CCS(=O)(=O)C1. The van der Waals surface area contributed by atoms with E-state index in [1.54, 1.807) is 0 Å². The molecular formula is C6H13ClN2O3S. The largest absolute Gasteiger partial charge is 0.368 e. The first-order chi connectivity index (χ1) is 5.42. The monoisotopic (exact) mass is 228 g/mol. The van der Waals surface area contributed by atoms with Gasteiger partial charge in [0.05, 0.1) is 17.5 Å². The lowest BCUT2D eigenvalue weighted by Gasteiger charge is -2.12. The van der Waals surface area contributed by atoms with Crippen LogP contribution in [0.4, 0.5) is 0 Å². The Morgan fingerprint density at radius 2 is 2.00 bits per heavy atom. The molecule has 5 nitrogen and oxygen atoms in total. The van der Waals surface area contributed by atoms with Crippen molar-refractivity contribution in [2.45, 2.75) is 12.5 Å². The highest BCUT2D eigenvalue weighted by molar-refractivity contribution is 7.91. The van der Waals surface area contributed by atoms with Gasteiger partial charge in [0.15, 0.2) is 9.84 Å². The number of rotatable bonds is 2. The summed E-state index contributed by atoms with van der Waals surface area (Å²) in [4.78, 5) is 10.6. The van der Waals surface area contributed by atoms with Crippen molar-refractivity contribution in [2.24, 2.45) is 17.4 Å². The maximum atomic E-state index is 11.0. The molecule has 1 saturated heterocycles. The third-order valence-electron chi connectivity index (χ3n) is 2.10. The van der Waals surface area contributed by atoms with Gasteiger partial charge in [0, 0.05) is 0 Å². The van der Waals surface area contributed by atoms with Crippen LogP contribution in [0.5, 0.6) is 0 Å². The lowest BCUT2D eigenvalue weighted by atomic mass is 10.00. The zero-order valence-corrected chi connectivity index (χ0v) is 8.60. The van der Waals surface area contributed by atoms with E-state index in [0.717, 1.165) is 0 Å². The first kappa shape index (κ1) is 12.7. The second-order valence-electron chi connectivity index (χ2n) is 3.09. The van der Waals surface area contributed by atoms with Gasteiger partial charge in [-0.2, -0.15) is 0 Å². The molecule has 2 unspecified atom stereocenters. The molecule has 2 atom stereocenters. The Kier molecular flexibility index (Phi) is 4.15. The van der Waals surface area contributed by atoms with Gasteiger partial charge in [-0.3, -0.25) is 4.79 Å². The van der Waals surface area contributed by atoms with Gasteiger partial charge in [-0.15, -0.1) is 12.4 Å². The van der Waals surface area contributed by atoms with Crippen LogP contribution < -0.4 is 11.5 Å². The average molecular weight is 229 g/mol. The zero-order chi connectivity index (χ0) is 9.35. The highest BCUT2D eigenvalue weighted by Gasteiger charge is 2.34. The quantitative estimate of drug-likeness (QED) is 0.610. The van der Waals surface area contributed by atoms with Crippen LogP contribution in [0.2, 0.25) is 0 Å². The molecule has 4 N–H and O–H groups in total. The van der Waals surface area contributed by atoms with E-state index in [4.69, 9.17) is 11.5 Å². The van der Waals surface area contributed by atoms with E-state index in [2.05, 4.69) is 0 Å². The third-order valence-corrected chi connectivity index (χ3v) is 3.90. The summed E-state index contributed by atoms with van der Waals surface area (Å²) in [6.45, 7) is 0. The normalized spacial score (nSPS) is 27.6. The van der Waals surface area contributed by atoms with Crippen LogP contribution in [-0.2, 0) is 14.6 Å². The summed E-state index contributed by atoms with van der Waals surface area (Å²) in [5, 5.41) is 0. The summed E-state index contributed by atoms with van der Waals surface area (Å²) in [6.07, 6.45) is 0.451. The van der Waals surface area contributed by atoms with E-state index in [-0.39, 0.29) is 29.8 Å². The molecule has 1 fully saturated rings. The fourth-order valence-electron chi connectivity index (χ4n) is 1.34. The van der Waals surface area contributed by atoms with Crippen molar-refractivity contribution in [1.29, 1.82) is 0 Å². The number of halogens is 1. The van der Waals surface area contributed by atoms with E-state index in [1.807, 2.05) is 0 Å². The molecule has 0 aromatic carbocycles. The van der Waals surface area contributed by atoms with Crippen molar-refractivity contribution in [2.75, 3.05) is 11.5 Å². The van der Waals surface area contributed by atoms with Crippen molar-refractivity contribution in [3.8, 4) is 0 Å². The topological polar surface area (TPSA) is 103 Å². The molecule has 78 valence electrons. The van der Waals surface area contributed by atoms with Gasteiger partial charge < -0.3 is 11.5 Å². The summed E-state index contributed by atoms with van der Waals surface area (Å²) < 4.78 is 21.9. The molecule has 0 aromatic rings. The Bertz CT molecular complexity index is 290. The van der Waals surface area contributed by atoms with Crippen molar-refractivity contribution in [1.82, 2.24) is 0 Å². The number of nitrogens with two attached hydrogens (primary N) is 2. The molecule has 0 aromatic heterocycles. The van der Waals surface area contributed by atoms with Crippen LogP contribution in [0.3, 0.4) is 0 Å². The van der Waals surface area contributed by atoms with Crippen LogP contribution in [0.15, 0.2) is 0 Å². The number of amides is 1. The standard InChI is InChI=1S/C6H12N2O3S.ClH/c7-5(6(8)9)4-1-2-12(10,11)3-4;/h4-5H,1-3,7H2,(H2,8,9);1H. The van der Waals surface area contributed by atoms with Gasteiger partial charge in [-0.05, 0) is 12.3 Å². The number of sulfone groups is 1. The fraction of sp³-hybridized carbons (Fsp3) is 0.833. The molecule has 0 radical (unpaired) electrons. The fourth-order valence-corrected chi connectivity index (χ4v) is 3.19. The second-order valence-corrected chi connectivity index (χ2v) is 5.32. The maximum absolute atomic E-state index is 11.0. The molecule has 1 aliphatic rings. The zero-order valence-electron chi connectivity index (χ0n) is 6.97. The Morgan fingerprint density at radius 1 is 1.46 bits per heavy atom. The molecule has 13 heavy (non-hydrogen) atoms. The Morgan fingerprint density at radius 3 is 2.31 bits per heavy atom. The molecule has 1 aliphatic heterocycles. The van der Waals surface area contributed by atoms with Crippen LogP contribution in [0.1, 0.15) is 6.42 Å². The van der Waals surface area contributed by atoms with E-state index < -0.39 is 21.8 Å². The number of carbonyl (C=O) groups is 1. The van der Waals surface area contributed by atoms with Gasteiger partial charge in [0.2, 0.25) is 5.91 Å². The first-order valence-electron chi connectivity index (χ1n) is 3.68. The first-order valence-corrected chi connectivity index (χ1v) is 5.50. The Balaban J connectivity index is 0.00000144. The van der Waals surface area contributed by atoms with Crippen LogP contribution in [0, 0.1) is 5.92 Å². The van der Waals surface area contributed by atoms with Crippen LogP contribution in [-0.4, -0.2) is 31.9 Å². The Labute approximate surface area is 83.2 Å². The number of hydrogen-bond donors (Lipinski definition) is 2. The van der Waals surface area contributed by atoms with Crippen LogP contribution >= 0.6 is 12.4 Å². The second kappa shape index (κ2) is 4.26. The lowest BCUT2D eigenvalue weighted by Crippen LogP contribution is -2.43. The minimum absolute atomic E-state index is 0. The van der Waals surface area contributed by atoms with E-state index >= 15 is 0 Å². The summed E-state index contributed by atoms with van der Waals surface area (Å²) in [5.74, 6) is -0.792. The predicted molar refractivity (Wildman–Crippen MR) is 51.2 cm³/mol. The molecule has 0 spiro atoms. The molecule has 1 rings (SSSR count). The van der Waals surface area contributed by atoms with Crippen molar-refractivity contribution in [3.63, 3.8) is 0 Å². The maximum Gasteiger partial charge on any atom is 0.234 e. The van der Waals surface area contributed by atoms with E-state index in [1.165, 1.54) is 0 Å². The van der Waals surface area contributed by atoms with E-state index in [9.17, 15) is 13.2 Å². The summed E-state index contributed by atoms with van der Waals surface area (Å²) in [5.41, 5.74) is 10.3. The summed E-state index contributed by atoms with van der Waals surface area (Å²) in [6, 6.07) is -0.817. The highest BCUT2D eigenvalue weighted by atomic mass is 35.5. The molecule has 7 heteroatoms. The predicted octanol–water partition coefficient (Wildman–Crippen LogP) is -1.34. The van der Waals surface area contributed by atoms with Crippen molar-refractivity contribution < 1.29 is 13.2 Å². The molecule has 1 amide bonds. The summed E-state index contributed by atoms with van der Waals surface area (Å²) in [7, 11) is -2.96. The molecule has 0 aliphatic carbocycles. The summed E-state index contributed by atoms with van der Waals surface area (Å²) >= 11 is 0. The average Bonchev–Trinajstić information content (AvgIpc) is 2.28. The van der Waals surface area contributed by atoms with Gasteiger partial charge in [0.1, 0.15) is 0 Å². The molecular weight excluding hydrogens is 216 g/mol. The third kappa shape index (κ3) is 3.13. The van der Waals surface area contributed by atoms with Crippen molar-refractivity contribution in [3.05, 3.63) is 0 Å². The van der Waals surface area contributed by atoms with E-state index in [0.29, 0.717) is 6.42 Å². The van der Waals surface area contributed by atoms with Gasteiger partial charge in [-0.25, -0.2) is 8.42 Å². The minimum atomic E-state index is -2.96. The van der Waals surface area contributed by atoms with Gasteiger partial charge in [-0.1, -0.05) is 0 Å². The number of carbonyl (C=O) groups excluding carboxylic acids is 1. The lowest BCUT2D eigenvalue weighted by molar-refractivity contribution is -0.120. The minimum Gasteiger partial charge on any atom is -0.368 e. The highest BCUT2D eigenvalue weighted by Crippen LogP contribution is 2.20. The molecule has 0 saturated carbocycles. The van der Waals surface area contributed by atoms with Crippen molar-refractivity contribution >= 4 is 28.2 Å². The Hall–Kier alpha value is -0.330. The van der Waals surface area contributed by atoms with Gasteiger partial charge in [0.25, 0.3) is 0 Å². The molecule has 0 bridgehead atoms. The van der Waals surface area contributed by atoms with Gasteiger partial charge >= 0.3 is 0 Å². The van der Waals surface area contributed by atoms with Crippen LogP contribution in [0.25, 0.3) is 0 Å². The molecule has 1 heterocycles. The number of primary amides is 1.